The van der Waals surface area contributed by atoms with E-state index < -0.39 is 0 Å². The zero-order valence-electron chi connectivity index (χ0n) is 8.42. The van der Waals surface area contributed by atoms with Crippen LogP contribution in [-0.4, -0.2) is 11.4 Å². The maximum atomic E-state index is 11.7. The average molecular weight is 190 g/mol. The molecule has 0 radical (unpaired) electrons. The van der Waals surface area contributed by atoms with Crippen molar-refractivity contribution in [2.45, 2.75) is 25.8 Å². The van der Waals surface area contributed by atoms with Crippen LogP contribution in [0.4, 0.5) is 5.69 Å². The topological polar surface area (TPSA) is 55.1 Å². The molecular formula is C11H14N2O. The van der Waals surface area contributed by atoms with Crippen molar-refractivity contribution in [2.75, 3.05) is 5.73 Å². The highest BCUT2D eigenvalue weighted by Gasteiger charge is 2.30. The molecule has 0 fully saturated rings. The lowest BCUT2D eigenvalue weighted by Gasteiger charge is -2.32. The van der Waals surface area contributed by atoms with Gasteiger partial charge in [0, 0.05) is 16.8 Å². The van der Waals surface area contributed by atoms with Gasteiger partial charge < -0.3 is 11.1 Å². The van der Waals surface area contributed by atoms with Gasteiger partial charge in [-0.25, -0.2) is 0 Å². The molecule has 0 aromatic heterocycles. The second-order valence-corrected chi connectivity index (χ2v) is 4.39. The van der Waals surface area contributed by atoms with Crippen molar-refractivity contribution in [1.29, 1.82) is 0 Å². The Bertz CT molecular complexity index is 396. The smallest absolute Gasteiger partial charge is 0.252 e. The number of nitrogens with two attached hydrogens (primary N) is 1. The molecule has 3 N–H and O–H groups in total. The van der Waals surface area contributed by atoms with Gasteiger partial charge in [-0.1, -0.05) is 6.07 Å². The summed E-state index contributed by atoms with van der Waals surface area (Å²) in [5.74, 6) is -0.0245. The molecule has 1 aromatic rings. The van der Waals surface area contributed by atoms with Gasteiger partial charge in [-0.15, -0.1) is 0 Å². The Kier molecular flexibility index (Phi) is 1.77. The van der Waals surface area contributed by atoms with Gasteiger partial charge in [0.15, 0.2) is 0 Å². The molecule has 0 bridgehead atoms. The van der Waals surface area contributed by atoms with E-state index in [1.54, 1.807) is 0 Å². The minimum Gasteiger partial charge on any atom is -0.398 e. The standard InChI is InChI=1S/C11H14N2O/c1-11(2)6-8-7(10(14)13-11)4-3-5-9(8)12/h3-5H,6,12H2,1-2H3,(H,13,14). The van der Waals surface area contributed by atoms with E-state index >= 15 is 0 Å². The number of nitrogens with one attached hydrogen (secondary N) is 1. The molecule has 3 nitrogen and oxygen atoms in total. The first-order valence-electron chi connectivity index (χ1n) is 4.69. The molecule has 1 amide bonds. The summed E-state index contributed by atoms with van der Waals surface area (Å²) >= 11 is 0. The van der Waals surface area contributed by atoms with Crippen molar-refractivity contribution >= 4 is 11.6 Å². The van der Waals surface area contributed by atoms with Gasteiger partial charge in [0.25, 0.3) is 5.91 Å². The highest BCUT2D eigenvalue weighted by Crippen LogP contribution is 2.26. The van der Waals surface area contributed by atoms with E-state index in [0.717, 1.165) is 12.0 Å². The summed E-state index contributed by atoms with van der Waals surface area (Å²) in [6, 6.07) is 5.47. The second-order valence-electron chi connectivity index (χ2n) is 4.39. The lowest BCUT2D eigenvalue weighted by atomic mass is 9.86. The van der Waals surface area contributed by atoms with Gasteiger partial charge in [-0.3, -0.25) is 4.79 Å². The normalized spacial score (nSPS) is 18.6. The van der Waals surface area contributed by atoms with E-state index in [2.05, 4.69) is 5.32 Å². The van der Waals surface area contributed by atoms with Gasteiger partial charge in [-0.05, 0) is 38.0 Å². The molecule has 3 heteroatoms. The molecule has 0 unspecified atom stereocenters. The van der Waals surface area contributed by atoms with E-state index in [4.69, 9.17) is 5.73 Å². The van der Waals surface area contributed by atoms with Crippen LogP contribution in [0.2, 0.25) is 0 Å². The fourth-order valence-corrected chi connectivity index (χ4v) is 1.88. The molecule has 1 aliphatic heterocycles. The number of hydrogen-bond acceptors (Lipinski definition) is 2. The van der Waals surface area contributed by atoms with Crippen LogP contribution in [0.5, 0.6) is 0 Å². The molecule has 0 atom stereocenters. The molecule has 0 saturated heterocycles. The molecule has 2 rings (SSSR count). The molecule has 14 heavy (non-hydrogen) atoms. The largest absolute Gasteiger partial charge is 0.398 e. The quantitative estimate of drug-likeness (QED) is 0.606. The van der Waals surface area contributed by atoms with Crippen molar-refractivity contribution < 1.29 is 4.79 Å². The van der Waals surface area contributed by atoms with Crippen LogP contribution >= 0.6 is 0 Å². The first-order chi connectivity index (χ1) is 6.49. The molecular weight excluding hydrogens is 176 g/mol. The number of fused-ring (bicyclic) bond motifs is 1. The molecule has 74 valence electrons. The van der Waals surface area contributed by atoms with Crippen LogP contribution in [0.15, 0.2) is 18.2 Å². The van der Waals surface area contributed by atoms with Gasteiger partial charge in [-0.2, -0.15) is 0 Å². The van der Waals surface area contributed by atoms with Crippen molar-refractivity contribution in [3.05, 3.63) is 29.3 Å². The van der Waals surface area contributed by atoms with E-state index in [0.29, 0.717) is 11.3 Å². The highest BCUT2D eigenvalue weighted by molar-refractivity contribution is 5.98. The molecule has 1 aliphatic rings. The fourth-order valence-electron chi connectivity index (χ4n) is 1.88. The number of nitrogen functional groups attached to an aromatic ring is 1. The van der Waals surface area contributed by atoms with Gasteiger partial charge in [0.05, 0.1) is 0 Å². The summed E-state index contributed by atoms with van der Waals surface area (Å²) in [6.07, 6.45) is 0.792. The second kappa shape index (κ2) is 2.74. The van der Waals surface area contributed by atoms with Crippen LogP contribution in [0, 0.1) is 0 Å². The predicted octanol–water partition coefficient (Wildman–Crippen LogP) is 1.33. The van der Waals surface area contributed by atoms with Crippen LogP contribution in [0.1, 0.15) is 29.8 Å². The summed E-state index contributed by atoms with van der Waals surface area (Å²) in [6.45, 7) is 4.00. The summed E-state index contributed by atoms with van der Waals surface area (Å²) in [7, 11) is 0. The number of benzene rings is 1. The van der Waals surface area contributed by atoms with Gasteiger partial charge >= 0.3 is 0 Å². The van der Waals surface area contributed by atoms with Crippen LogP contribution < -0.4 is 11.1 Å². The number of anilines is 1. The maximum Gasteiger partial charge on any atom is 0.252 e. The van der Waals surface area contributed by atoms with Crippen molar-refractivity contribution in [3.63, 3.8) is 0 Å². The van der Waals surface area contributed by atoms with Crippen molar-refractivity contribution in [1.82, 2.24) is 5.32 Å². The van der Waals surface area contributed by atoms with E-state index in [9.17, 15) is 4.79 Å². The predicted molar refractivity (Wildman–Crippen MR) is 56.1 cm³/mol. The highest BCUT2D eigenvalue weighted by atomic mass is 16.1. The van der Waals surface area contributed by atoms with Crippen molar-refractivity contribution in [3.8, 4) is 0 Å². The molecule has 0 saturated carbocycles. The summed E-state index contributed by atoms with van der Waals surface area (Å²) in [5, 5.41) is 2.94. The lowest BCUT2D eigenvalue weighted by Crippen LogP contribution is -2.49. The molecule has 1 aromatic carbocycles. The third-order valence-electron chi connectivity index (χ3n) is 2.53. The number of carbonyl (C=O) groups excluding carboxylic acids is 1. The van der Waals surface area contributed by atoms with Gasteiger partial charge in [0.1, 0.15) is 0 Å². The van der Waals surface area contributed by atoms with Gasteiger partial charge in [0.2, 0.25) is 0 Å². The van der Waals surface area contributed by atoms with E-state index in [-0.39, 0.29) is 11.4 Å². The zero-order valence-corrected chi connectivity index (χ0v) is 8.42. The Labute approximate surface area is 83.3 Å². The monoisotopic (exact) mass is 190 g/mol. The summed E-state index contributed by atoms with van der Waals surface area (Å²) in [5.41, 5.74) is 8.05. The van der Waals surface area contributed by atoms with Crippen LogP contribution in [0.25, 0.3) is 0 Å². The summed E-state index contributed by atoms with van der Waals surface area (Å²) < 4.78 is 0. The number of rotatable bonds is 0. The first kappa shape index (κ1) is 9.06. The fraction of sp³-hybridized carbons (Fsp3) is 0.364. The van der Waals surface area contributed by atoms with Crippen LogP contribution in [-0.2, 0) is 6.42 Å². The summed E-state index contributed by atoms with van der Waals surface area (Å²) in [4.78, 5) is 11.7. The number of amides is 1. The first-order valence-corrected chi connectivity index (χ1v) is 4.69. The Hall–Kier alpha value is -1.51. The Morgan fingerprint density at radius 2 is 2.14 bits per heavy atom. The van der Waals surface area contributed by atoms with Crippen LogP contribution in [0.3, 0.4) is 0 Å². The average Bonchev–Trinajstić information content (AvgIpc) is 2.05. The maximum absolute atomic E-state index is 11.7. The number of hydrogen-bond donors (Lipinski definition) is 2. The Morgan fingerprint density at radius 1 is 1.43 bits per heavy atom. The third kappa shape index (κ3) is 1.35. The molecule has 1 heterocycles. The lowest BCUT2D eigenvalue weighted by molar-refractivity contribution is 0.0897. The molecule has 0 aliphatic carbocycles. The van der Waals surface area contributed by atoms with Crippen molar-refractivity contribution in [2.24, 2.45) is 0 Å². The van der Waals surface area contributed by atoms with E-state index in [1.165, 1.54) is 0 Å². The Balaban J connectivity index is 2.56. The zero-order chi connectivity index (χ0) is 10.3. The van der Waals surface area contributed by atoms with E-state index in [1.807, 2.05) is 32.0 Å². The minimum absolute atomic E-state index is 0.0245. The minimum atomic E-state index is -0.195. The molecule has 0 spiro atoms. The third-order valence-corrected chi connectivity index (χ3v) is 2.53. The number of carbonyl (C=O) groups is 1. The Morgan fingerprint density at radius 3 is 2.86 bits per heavy atom. The SMILES string of the molecule is CC1(C)Cc2c(N)cccc2C(=O)N1.